The molecular formula is C26H27Cl3N6O5S. The highest BCUT2D eigenvalue weighted by Crippen LogP contribution is 2.34. The number of aromatic amines is 1. The molecule has 0 unspecified atom stereocenters. The second kappa shape index (κ2) is 11.3. The van der Waals surface area contributed by atoms with Gasteiger partial charge in [0, 0.05) is 11.4 Å². The first-order valence-corrected chi connectivity index (χ1v) is 14.9. The quantitative estimate of drug-likeness (QED) is 0.273. The highest BCUT2D eigenvalue weighted by Gasteiger charge is 2.31. The van der Waals surface area contributed by atoms with Crippen molar-refractivity contribution in [2.45, 2.75) is 52.6 Å². The number of nitrogens with two attached hydrogens (primary N) is 1. The number of H-pyrrole nitrogens is 1. The molecular weight excluding hydrogens is 615 g/mol. The van der Waals surface area contributed by atoms with Crippen LogP contribution in [0.3, 0.4) is 0 Å². The minimum absolute atomic E-state index is 0.0194. The van der Waals surface area contributed by atoms with Gasteiger partial charge in [-0.2, -0.15) is 17.8 Å². The molecule has 0 fully saturated rings. The molecule has 0 saturated heterocycles. The lowest BCUT2D eigenvalue weighted by molar-refractivity contribution is 0.0609. The second-order valence-corrected chi connectivity index (χ2v) is 13.2. The first-order valence-electron chi connectivity index (χ1n) is 12.3. The molecule has 0 aliphatic rings. The summed E-state index contributed by atoms with van der Waals surface area (Å²) in [6.45, 7) is 8.60. The number of carbonyl (C=O) groups excluding carboxylic acids is 1. The van der Waals surface area contributed by atoms with Crippen LogP contribution >= 0.6 is 34.8 Å². The number of hydrogen-bond donors (Lipinski definition) is 2. The van der Waals surface area contributed by atoms with Gasteiger partial charge >= 0.3 is 16.3 Å². The number of halogens is 3. The van der Waals surface area contributed by atoms with Gasteiger partial charge in [-0.3, -0.25) is 4.79 Å². The number of aromatic nitrogens is 4. The van der Waals surface area contributed by atoms with Crippen LogP contribution in [0.2, 0.25) is 15.1 Å². The summed E-state index contributed by atoms with van der Waals surface area (Å²) in [5, 5.41) is 11.0. The molecule has 2 aromatic carbocycles. The van der Waals surface area contributed by atoms with Gasteiger partial charge in [0.25, 0.3) is 5.56 Å². The van der Waals surface area contributed by atoms with Crippen molar-refractivity contribution in [2.24, 2.45) is 5.14 Å². The van der Waals surface area contributed by atoms with Gasteiger partial charge < -0.3 is 9.72 Å². The number of hydrogen-bond acceptors (Lipinski definition) is 7. The highest BCUT2D eigenvalue weighted by atomic mass is 35.5. The Morgan fingerprint density at radius 2 is 1.71 bits per heavy atom. The maximum atomic E-state index is 13.3. The molecule has 2 heterocycles. The Kier molecular flexibility index (Phi) is 8.45. The van der Waals surface area contributed by atoms with Crippen molar-refractivity contribution in [3.63, 3.8) is 0 Å². The van der Waals surface area contributed by atoms with E-state index in [-0.39, 0.29) is 33.7 Å². The number of nitrogens with zero attached hydrogens (tertiary/aromatic N) is 4. The van der Waals surface area contributed by atoms with E-state index in [1.54, 1.807) is 32.9 Å². The Morgan fingerprint density at radius 1 is 1.12 bits per heavy atom. The van der Waals surface area contributed by atoms with Crippen LogP contribution in [0.25, 0.3) is 16.7 Å². The number of rotatable bonds is 6. The average Bonchev–Trinajstić information content (AvgIpc) is 3.17. The van der Waals surface area contributed by atoms with Crippen molar-refractivity contribution >= 4 is 67.8 Å². The van der Waals surface area contributed by atoms with Crippen LogP contribution in [-0.2, 0) is 21.4 Å². The zero-order valence-electron chi connectivity index (χ0n) is 22.7. The maximum absolute atomic E-state index is 13.3. The van der Waals surface area contributed by atoms with E-state index in [0.29, 0.717) is 37.5 Å². The van der Waals surface area contributed by atoms with Crippen molar-refractivity contribution in [1.29, 1.82) is 0 Å². The Morgan fingerprint density at radius 3 is 2.22 bits per heavy atom. The molecule has 218 valence electrons. The second-order valence-electron chi connectivity index (χ2n) is 10.5. The molecule has 15 heteroatoms. The Labute approximate surface area is 251 Å². The molecule has 2 aromatic heterocycles. The predicted molar refractivity (Wildman–Crippen MR) is 160 cm³/mol. The van der Waals surface area contributed by atoms with Crippen molar-refractivity contribution in [3.8, 4) is 5.69 Å². The van der Waals surface area contributed by atoms with Gasteiger partial charge in [0.15, 0.2) is 5.65 Å². The number of nitrogens with one attached hydrogen (secondary N) is 1. The van der Waals surface area contributed by atoms with E-state index in [0.717, 1.165) is 0 Å². The summed E-state index contributed by atoms with van der Waals surface area (Å²) in [6.07, 6.45) is -0.990. The van der Waals surface area contributed by atoms with E-state index in [9.17, 15) is 18.0 Å². The van der Waals surface area contributed by atoms with E-state index in [1.165, 1.54) is 28.9 Å². The lowest BCUT2D eigenvalue weighted by Gasteiger charge is -2.25. The summed E-state index contributed by atoms with van der Waals surface area (Å²) in [5.41, 5.74) is 0.369. The van der Waals surface area contributed by atoms with Gasteiger partial charge in [0.05, 0.1) is 21.4 Å². The molecule has 0 bridgehead atoms. The van der Waals surface area contributed by atoms with E-state index in [2.05, 4.69) is 15.1 Å². The zero-order valence-corrected chi connectivity index (χ0v) is 25.8. The minimum Gasteiger partial charge on any atom is -0.443 e. The van der Waals surface area contributed by atoms with Crippen LogP contribution in [0.15, 0.2) is 41.2 Å². The summed E-state index contributed by atoms with van der Waals surface area (Å²) in [7, 11) is -4.48. The number of benzene rings is 2. The monoisotopic (exact) mass is 640 g/mol. The Hall–Kier alpha value is -3.16. The van der Waals surface area contributed by atoms with Crippen LogP contribution in [0.5, 0.6) is 0 Å². The fourth-order valence-corrected chi connectivity index (χ4v) is 5.72. The summed E-state index contributed by atoms with van der Waals surface area (Å²) in [4.78, 5) is 33.3. The van der Waals surface area contributed by atoms with Crippen LogP contribution in [0.4, 0.5) is 10.5 Å². The summed E-state index contributed by atoms with van der Waals surface area (Å²) in [6, 6.07) is 8.98. The normalized spacial score (nSPS) is 12.2. The topological polar surface area (TPSA) is 153 Å². The van der Waals surface area contributed by atoms with Crippen molar-refractivity contribution < 1.29 is 17.9 Å². The number of anilines is 1. The SMILES string of the molecule is CC(C)c1nn(-c2c(Cl)cc(Cl)cc2Cl)c2nc(Cc3ccc(N(C(=O)OC(C)(C)C)S(N)(=O)=O)cc3)[nH]c(=O)c12. The van der Waals surface area contributed by atoms with Crippen molar-refractivity contribution in [3.05, 3.63) is 78.9 Å². The van der Waals surface area contributed by atoms with Crippen molar-refractivity contribution in [2.75, 3.05) is 4.31 Å². The summed E-state index contributed by atoms with van der Waals surface area (Å²) < 4.78 is 31.4. The average molecular weight is 642 g/mol. The minimum atomic E-state index is -4.48. The van der Waals surface area contributed by atoms with Gasteiger partial charge in [-0.15, -0.1) is 0 Å². The number of carbonyl (C=O) groups is 1. The third-order valence-electron chi connectivity index (χ3n) is 5.71. The molecule has 0 spiro atoms. The number of fused-ring (bicyclic) bond motifs is 1. The van der Waals surface area contributed by atoms with E-state index in [4.69, 9.17) is 44.7 Å². The molecule has 4 aromatic rings. The number of amides is 1. The fourth-order valence-electron chi connectivity index (χ4n) is 4.08. The number of ether oxygens (including phenoxy) is 1. The molecule has 3 N–H and O–H groups in total. The zero-order chi connectivity index (χ0) is 30.4. The van der Waals surface area contributed by atoms with Crippen LogP contribution in [0.1, 0.15) is 57.6 Å². The van der Waals surface area contributed by atoms with Crippen molar-refractivity contribution in [1.82, 2.24) is 19.7 Å². The Bertz CT molecular complexity index is 1790. The first-order chi connectivity index (χ1) is 19.0. The van der Waals surface area contributed by atoms with Gasteiger partial charge in [-0.25, -0.2) is 19.6 Å². The third kappa shape index (κ3) is 6.68. The molecule has 0 radical (unpaired) electrons. The highest BCUT2D eigenvalue weighted by molar-refractivity contribution is 7.91. The third-order valence-corrected chi connectivity index (χ3v) is 7.37. The van der Waals surface area contributed by atoms with E-state index < -0.39 is 27.5 Å². The summed E-state index contributed by atoms with van der Waals surface area (Å²) in [5.74, 6) is 0.181. The first kappa shape index (κ1) is 30.8. The van der Waals surface area contributed by atoms with E-state index in [1.807, 2.05) is 13.8 Å². The molecule has 4 rings (SSSR count). The van der Waals surface area contributed by atoms with Gasteiger partial charge in [0.1, 0.15) is 22.5 Å². The van der Waals surface area contributed by atoms with Crippen LogP contribution in [0, 0.1) is 0 Å². The molecule has 0 atom stereocenters. The lowest BCUT2D eigenvalue weighted by Crippen LogP contribution is -2.44. The summed E-state index contributed by atoms with van der Waals surface area (Å²) >= 11 is 19.0. The lowest BCUT2D eigenvalue weighted by atomic mass is 10.1. The van der Waals surface area contributed by atoms with Crippen LogP contribution in [-0.4, -0.2) is 39.9 Å². The van der Waals surface area contributed by atoms with Crippen LogP contribution < -0.4 is 15.0 Å². The van der Waals surface area contributed by atoms with Gasteiger partial charge in [0.2, 0.25) is 0 Å². The Balaban J connectivity index is 1.76. The molecule has 41 heavy (non-hydrogen) atoms. The largest absolute Gasteiger partial charge is 0.443 e. The molecule has 0 aliphatic heterocycles. The maximum Gasteiger partial charge on any atom is 0.429 e. The smallest absolute Gasteiger partial charge is 0.429 e. The van der Waals surface area contributed by atoms with E-state index >= 15 is 0 Å². The van der Waals surface area contributed by atoms with Gasteiger partial charge in [-0.1, -0.05) is 60.8 Å². The molecule has 1 amide bonds. The van der Waals surface area contributed by atoms with Gasteiger partial charge in [-0.05, 0) is 56.5 Å². The predicted octanol–water partition coefficient (Wildman–Crippen LogP) is 5.73. The molecule has 0 saturated carbocycles. The molecule has 11 nitrogen and oxygen atoms in total. The fraction of sp³-hybridized carbons (Fsp3) is 0.308. The standard InChI is InChI=1S/C26H27Cl3N6O5S/c1-13(2)21-20-23(34(33-21)22-17(28)11-15(27)12-18(22)29)31-19(32-24(20)36)10-14-6-8-16(9-7-14)35(41(30,38)39)25(37)40-26(3,4)5/h6-9,11-13H,10H2,1-5H3,(H2,30,38,39)(H,31,32,36). The molecule has 0 aliphatic carbocycles.